The number of nitrogens with two attached hydrogens (primary N) is 2. The molecule has 0 radical (unpaired) electrons. The molecule has 1 atom stereocenters. The Balaban J connectivity index is 0.00000400. The lowest BCUT2D eigenvalue weighted by Crippen LogP contribution is -2.48. The van der Waals surface area contributed by atoms with Gasteiger partial charge in [0, 0.05) is 6.54 Å². The van der Waals surface area contributed by atoms with Crippen molar-refractivity contribution in [2.75, 3.05) is 0 Å². The molecule has 0 spiro atoms. The van der Waals surface area contributed by atoms with Gasteiger partial charge in [-0.15, -0.1) is 12.4 Å². The molecule has 0 bridgehead atoms. The van der Waals surface area contributed by atoms with E-state index >= 15 is 0 Å². The van der Waals surface area contributed by atoms with Gasteiger partial charge in [0.1, 0.15) is 0 Å². The van der Waals surface area contributed by atoms with Crippen LogP contribution < -0.4 is 16.2 Å². The standard InChI is InChI=1S/C13H21N3O3S.ClH/c1-13(2,3)11(14)12(17)16-8-9-5-4-6-10(7-9)20(15,18)19;/h4-7,11H,8,14H2,1-3H3,(H,16,17)(H2,15,18,19);1H/t11-;/m1./s1. The number of nitrogens with one attached hydrogen (secondary N) is 1. The van der Waals surface area contributed by atoms with Crippen molar-refractivity contribution >= 4 is 28.3 Å². The number of benzene rings is 1. The Morgan fingerprint density at radius 1 is 1.33 bits per heavy atom. The van der Waals surface area contributed by atoms with E-state index in [0.29, 0.717) is 5.56 Å². The van der Waals surface area contributed by atoms with Crippen molar-refractivity contribution in [1.29, 1.82) is 0 Å². The number of carbonyl (C=O) groups is 1. The molecule has 0 heterocycles. The number of amides is 1. The topological polar surface area (TPSA) is 115 Å². The second kappa shape index (κ2) is 7.22. The van der Waals surface area contributed by atoms with E-state index in [1.54, 1.807) is 12.1 Å². The zero-order valence-electron chi connectivity index (χ0n) is 12.3. The summed E-state index contributed by atoms with van der Waals surface area (Å²) in [5.74, 6) is -0.279. The molecular formula is C13H22ClN3O3S. The molecule has 0 saturated heterocycles. The molecule has 0 fully saturated rings. The Morgan fingerprint density at radius 3 is 2.38 bits per heavy atom. The molecule has 0 aliphatic heterocycles. The molecule has 6 nitrogen and oxygen atoms in total. The number of rotatable bonds is 4. The summed E-state index contributed by atoms with van der Waals surface area (Å²) >= 11 is 0. The Labute approximate surface area is 131 Å². The van der Waals surface area contributed by atoms with E-state index in [4.69, 9.17) is 10.9 Å². The normalized spacial score (nSPS) is 13.2. The van der Waals surface area contributed by atoms with Crippen LogP contribution in [0.4, 0.5) is 0 Å². The average Bonchev–Trinajstić information content (AvgIpc) is 2.33. The third kappa shape index (κ3) is 6.01. The van der Waals surface area contributed by atoms with E-state index in [1.807, 2.05) is 20.8 Å². The van der Waals surface area contributed by atoms with Crippen LogP contribution in [0.3, 0.4) is 0 Å². The number of carbonyl (C=O) groups excluding carboxylic acids is 1. The Kier molecular flexibility index (Phi) is 6.82. The lowest BCUT2D eigenvalue weighted by molar-refractivity contribution is -0.124. The smallest absolute Gasteiger partial charge is 0.238 e. The molecular weight excluding hydrogens is 314 g/mol. The van der Waals surface area contributed by atoms with E-state index < -0.39 is 16.1 Å². The fraction of sp³-hybridized carbons (Fsp3) is 0.462. The van der Waals surface area contributed by atoms with Gasteiger partial charge in [0.2, 0.25) is 15.9 Å². The molecule has 0 aliphatic carbocycles. The molecule has 0 saturated carbocycles. The molecule has 1 rings (SSSR count). The maximum Gasteiger partial charge on any atom is 0.238 e. The third-order valence-electron chi connectivity index (χ3n) is 2.91. The summed E-state index contributed by atoms with van der Waals surface area (Å²) in [6, 6.07) is 5.48. The monoisotopic (exact) mass is 335 g/mol. The molecule has 8 heteroatoms. The van der Waals surface area contributed by atoms with E-state index in [1.165, 1.54) is 12.1 Å². The van der Waals surface area contributed by atoms with Crippen molar-refractivity contribution in [1.82, 2.24) is 5.32 Å². The Bertz CT molecular complexity index is 597. The van der Waals surface area contributed by atoms with Crippen LogP contribution >= 0.6 is 12.4 Å². The summed E-state index contributed by atoms with van der Waals surface area (Å²) in [4.78, 5) is 11.9. The van der Waals surface area contributed by atoms with Crippen molar-refractivity contribution in [3.63, 3.8) is 0 Å². The van der Waals surface area contributed by atoms with Gasteiger partial charge < -0.3 is 11.1 Å². The molecule has 21 heavy (non-hydrogen) atoms. The van der Waals surface area contributed by atoms with Gasteiger partial charge >= 0.3 is 0 Å². The largest absolute Gasteiger partial charge is 0.351 e. The third-order valence-corrected chi connectivity index (χ3v) is 3.82. The maximum absolute atomic E-state index is 11.9. The van der Waals surface area contributed by atoms with Gasteiger partial charge in [-0.1, -0.05) is 32.9 Å². The van der Waals surface area contributed by atoms with Gasteiger partial charge in [0.25, 0.3) is 0 Å². The van der Waals surface area contributed by atoms with Crippen molar-refractivity contribution in [2.24, 2.45) is 16.3 Å². The van der Waals surface area contributed by atoms with E-state index in [2.05, 4.69) is 5.32 Å². The lowest BCUT2D eigenvalue weighted by atomic mass is 9.87. The van der Waals surface area contributed by atoms with Gasteiger partial charge in [-0.2, -0.15) is 0 Å². The number of sulfonamides is 1. The Hall–Kier alpha value is -1.15. The number of hydrogen-bond acceptors (Lipinski definition) is 4. The Morgan fingerprint density at radius 2 is 1.90 bits per heavy atom. The van der Waals surface area contributed by atoms with E-state index in [9.17, 15) is 13.2 Å². The summed E-state index contributed by atoms with van der Waals surface area (Å²) in [5, 5.41) is 7.74. The van der Waals surface area contributed by atoms with Crippen molar-refractivity contribution in [2.45, 2.75) is 38.3 Å². The maximum atomic E-state index is 11.9. The predicted octanol–water partition coefficient (Wildman–Crippen LogP) is 0.745. The van der Waals surface area contributed by atoms with Gasteiger partial charge in [-0.3, -0.25) is 4.79 Å². The first-order valence-corrected chi connectivity index (χ1v) is 7.71. The zero-order valence-corrected chi connectivity index (χ0v) is 13.9. The average molecular weight is 336 g/mol. The second-order valence-electron chi connectivity index (χ2n) is 5.75. The lowest BCUT2D eigenvalue weighted by Gasteiger charge is -2.25. The molecule has 0 unspecified atom stereocenters. The first-order chi connectivity index (χ1) is 9.01. The van der Waals surface area contributed by atoms with Gasteiger partial charge in [-0.25, -0.2) is 13.6 Å². The van der Waals surface area contributed by atoms with Crippen LogP contribution in [0, 0.1) is 5.41 Å². The second-order valence-corrected chi connectivity index (χ2v) is 7.32. The van der Waals surface area contributed by atoms with Crippen LogP contribution in [0.5, 0.6) is 0 Å². The first kappa shape index (κ1) is 19.9. The van der Waals surface area contributed by atoms with Crippen LogP contribution in [0.2, 0.25) is 0 Å². The predicted molar refractivity (Wildman–Crippen MR) is 84.3 cm³/mol. The zero-order chi connectivity index (χ0) is 15.6. The number of hydrogen-bond donors (Lipinski definition) is 3. The van der Waals surface area contributed by atoms with Gasteiger partial charge in [0.15, 0.2) is 0 Å². The van der Waals surface area contributed by atoms with Crippen LogP contribution in [0.1, 0.15) is 26.3 Å². The molecule has 0 aliphatic rings. The van der Waals surface area contributed by atoms with E-state index in [0.717, 1.165) is 0 Å². The number of primary sulfonamides is 1. The van der Waals surface area contributed by atoms with Crippen LogP contribution in [0.15, 0.2) is 29.2 Å². The summed E-state index contributed by atoms with van der Waals surface area (Å²) in [7, 11) is -3.74. The highest BCUT2D eigenvalue weighted by Gasteiger charge is 2.27. The van der Waals surface area contributed by atoms with Crippen LogP contribution in [-0.4, -0.2) is 20.4 Å². The van der Waals surface area contributed by atoms with Crippen LogP contribution in [0.25, 0.3) is 0 Å². The summed E-state index contributed by atoms with van der Waals surface area (Å²) < 4.78 is 22.5. The first-order valence-electron chi connectivity index (χ1n) is 6.17. The summed E-state index contributed by atoms with van der Waals surface area (Å²) in [5.41, 5.74) is 6.13. The minimum absolute atomic E-state index is 0. The highest BCUT2D eigenvalue weighted by atomic mass is 35.5. The van der Waals surface area contributed by atoms with Gasteiger partial charge in [0.05, 0.1) is 10.9 Å². The molecule has 120 valence electrons. The highest BCUT2D eigenvalue weighted by Crippen LogP contribution is 2.17. The fourth-order valence-corrected chi connectivity index (χ4v) is 2.11. The van der Waals surface area contributed by atoms with Crippen molar-refractivity contribution in [3.05, 3.63) is 29.8 Å². The highest BCUT2D eigenvalue weighted by molar-refractivity contribution is 7.89. The molecule has 0 aromatic heterocycles. The van der Waals surface area contributed by atoms with Crippen molar-refractivity contribution in [3.8, 4) is 0 Å². The molecule has 1 amide bonds. The number of halogens is 1. The van der Waals surface area contributed by atoms with Crippen LogP contribution in [-0.2, 0) is 21.4 Å². The quantitative estimate of drug-likeness (QED) is 0.752. The molecule has 1 aromatic rings. The fourth-order valence-electron chi connectivity index (χ4n) is 1.52. The molecule has 1 aromatic carbocycles. The summed E-state index contributed by atoms with van der Waals surface area (Å²) in [6.45, 7) is 5.82. The van der Waals surface area contributed by atoms with Gasteiger partial charge in [-0.05, 0) is 23.1 Å². The van der Waals surface area contributed by atoms with E-state index in [-0.39, 0.29) is 35.2 Å². The summed E-state index contributed by atoms with van der Waals surface area (Å²) in [6.07, 6.45) is 0. The minimum Gasteiger partial charge on any atom is -0.351 e. The minimum atomic E-state index is -3.74. The molecule has 5 N–H and O–H groups in total. The van der Waals surface area contributed by atoms with Crippen molar-refractivity contribution < 1.29 is 13.2 Å². The SMILES string of the molecule is CC(C)(C)[C@H](N)C(=O)NCc1cccc(S(N)(=O)=O)c1.Cl.